The highest BCUT2D eigenvalue weighted by Crippen LogP contribution is 2.27. The summed E-state index contributed by atoms with van der Waals surface area (Å²) in [4.78, 5) is 28.3. The number of pyridine rings is 1. The molecule has 2 rings (SSSR count). The van der Waals surface area contributed by atoms with Crippen LogP contribution in [0, 0.1) is 5.92 Å². The van der Waals surface area contributed by atoms with Gasteiger partial charge in [0.05, 0.1) is 18.4 Å². The summed E-state index contributed by atoms with van der Waals surface area (Å²) in [6.07, 6.45) is -3.87. The number of carbonyl (C=O) groups excluding carboxylic acids is 2. The molecule has 10 heteroatoms. The van der Waals surface area contributed by atoms with Crippen molar-refractivity contribution in [2.24, 2.45) is 11.7 Å². The Bertz CT molecular complexity index is 637. The standard InChI is InChI=1S/C16H20F3N3O4/c1-25-14(23)11-2-3-12(21-8-11)9-22-5-4-10(7-20)6-13(22)26-15(24)16(17,18)19/h2-3,8,10,13H,4-7,9,20H2,1H3. The average Bonchev–Trinajstić information content (AvgIpc) is 2.62. The van der Waals surface area contributed by atoms with E-state index in [-0.39, 0.29) is 24.4 Å². The molecule has 2 unspecified atom stereocenters. The van der Waals surface area contributed by atoms with E-state index >= 15 is 0 Å². The highest BCUT2D eigenvalue weighted by Gasteiger charge is 2.44. The van der Waals surface area contributed by atoms with Crippen molar-refractivity contribution in [2.75, 3.05) is 20.2 Å². The van der Waals surface area contributed by atoms with Crippen molar-refractivity contribution in [3.8, 4) is 0 Å². The Hall–Kier alpha value is -2.20. The second-order valence-electron chi connectivity index (χ2n) is 5.98. The molecule has 0 spiro atoms. The van der Waals surface area contributed by atoms with Gasteiger partial charge >= 0.3 is 18.1 Å². The zero-order valence-electron chi connectivity index (χ0n) is 14.2. The first-order valence-corrected chi connectivity index (χ1v) is 7.99. The van der Waals surface area contributed by atoms with Gasteiger partial charge in [0.1, 0.15) is 0 Å². The SMILES string of the molecule is COC(=O)c1ccc(CN2CCC(CN)CC2OC(=O)C(F)(F)F)nc1. The molecular formula is C16H20F3N3O4. The zero-order chi connectivity index (χ0) is 19.3. The first kappa shape index (κ1) is 20.1. The van der Waals surface area contributed by atoms with E-state index in [0.717, 1.165) is 0 Å². The number of esters is 2. The number of hydrogen-bond donors (Lipinski definition) is 1. The summed E-state index contributed by atoms with van der Waals surface area (Å²) in [6, 6.07) is 3.08. The predicted molar refractivity (Wildman–Crippen MR) is 83.7 cm³/mol. The zero-order valence-corrected chi connectivity index (χ0v) is 14.2. The lowest BCUT2D eigenvalue weighted by atomic mass is 9.95. The van der Waals surface area contributed by atoms with Crippen molar-refractivity contribution in [3.63, 3.8) is 0 Å². The van der Waals surface area contributed by atoms with Crippen LogP contribution in [0.25, 0.3) is 0 Å². The quantitative estimate of drug-likeness (QED) is 0.779. The Balaban J connectivity index is 2.09. The number of hydrogen-bond acceptors (Lipinski definition) is 7. The minimum Gasteiger partial charge on any atom is -0.465 e. The summed E-state index contributed by atoms with van der Waals surface area (Å²) in [5.74, 6) is -2.78. The maximum atomic E-state index is 12.5. The molecule has 2 N–H and O–H groups in total. The van der Waals surface area contributed by atoms with Crippen LogP contribution >= 0.6 is 0 Å². The second-order valence-corrected chi connectivity index (χ2v) is 5.98. The number of likely N-dealkylation sites (tertiary alicyclic amines) is 1. The molecule has 0 amide bonds. The summed E-state index contributed by atoms with van der Waals surface area (Å²) in [7, 11) is 1.25. The molecule has 1 aliphatic rings. The number of carbonyl (C=O) groups is 2. The number of alkyl halides is 3. The fourth-order valence-electron chi connectivity index (χ4n) is 2.72. The average molecular weight is 375 g/mol. The summed E-state index contributed by atoms with van der Waals surface area (Å²) in [5.41, 5.74) is 6.39. The Morgan fingerprint density at radius 3 is 2.65 bits per heavy atom. The minimum absolute atomic E-state index is 0.0213. The summed E-state index contributed by atoms with van der Waals surface area (Å²) in [6.45, 7) is 0.895. The lowest BCUT2D eigenvalue weighted by Gasteiger charge is -2.38. The number of halogens is 3. The maximum absolute atomic E-state index is 12.5. The van der Waals surface area contributed by atoms with Gasteiger partial charge in [0, 0.05) is 25.7 Å². The van der Waals surface area contributed by atoms with Gasteiger partial charge in [-0.15, -0.1) is 0 Å². The lowest BCUT2D eigenvalue weighted by molar-refractivity contribution is -0.217. The van der Waals surface area contributed by atoms with Crippen molar-refractivity contribution in [1.29, 1.82) is 0 Å². The van der Waals surface area contributed by atoms with Crippen molar-refractivity contribution >= 4 is 11.9 Å². The molecule has 1 saturated heterocycles. The van der Waals surface area contributed by atoms with E-state index in [1.54, 1.807) is 11.0 Å². The van der Waals surface area contributed by atoms with E-state index in [9.17, 15) is 22.8 Å². The first-order chi connectivity index (χ1) is 12.2. The van der Waals surface area contributed by atoms with Crippen LogP contribution in [-0.4, -0.2) is 54.4 Å². The Kier molecular flexibility index (Phi) is 6.54. The van der Waals surface area contributed by atoms with Crippen LogP contribution in [0.2, 0.25) is 0 Å². The summed E-state index contributed by atoms with van der Waals surface area (Å²) in [5, 5.41) is 0. The molecule has 1 aromatic heterocycles. The van der Waals surface area contributed by atoms with Crippen molar-refractivity contribution in [3.05, 3.63) is 29.6 Å². The fraction of sp³-hybridized carbons (Fsp3) is 0.562. The predicted octanol–water partition coefficient (Wildman–Crippen LogP) is 1.47. The molecule has 0 aromatic carbocycles. The number of rotatable bonds is 5. The molecule has 7 nitrogen and oxygen atoms in total. The van der Waals surface area contributed by atoms with Crippen LogP contribution in [0.1, 0.15) is 28.9 Å². The molecule has 2 atom stereocenters. The maximum Gasteiger partial charge on any atom is 0.490 e. The van der Waals surface area contributed by atoms with Gasteiger partial charge < -0.3 is 15.2 Å². The Morgan fingerprint density at radius 2 is 2.12 bits per heavy atom. The van der Waals surface area contributed by atoms with Gasteiger partial charge in [0.2, 0.25) is 0 Å². The van der Waals surface area contributed by atoms with Gasteiger partial charge in [-0.3, -0.25) is 9.88 Å². The molecule has 1 fully saturated rings. The van der Waals surface area contributed by atoms with Gasteiger partial charge in [-0.25, -0.2) is 9.59 Å². The van der Waals surface area contributed by atoms with Crippen LogP contribution in [0.5, 0.6) is 0 Å². The molecule has 0 aliphatic carbocycles. The number of nitrogens with two attached hydrogens (primary N) is 1. The molecule has 144 valence electrons. The number of nitrogens with zero attached hydrogens (tertiary/aromatic N) is 2. The summed E-state index contributed by atoms with van der Waals surface area (Å²) >= 11 is 0. The highest BCUT2D eigenvalue weighted by atomic mass is 19.4. The van der Waals surface area contributed by atoms with Gasteiger partial charge in [-0.2, -0.15) is 13.2 Å². The Labute approximate surface area is 148 Å². The molecule has 0 radical (unpaired) electrons. The third-order valence-electron chi connectivity index (χ3n) is 4.19. The molecule has 1 aromatic rings. The van der Waals surface area contributed by atoms with E-state index in [4.69, 9.17) is 5.73 Å². The van der Waals surface area contributed by atoms with Crippen molar-refractivity contribution in [2.45, 2.75) is 31.8 Å². The van der Waals surface area contributed by atoms with Crippen molar-refractivity contribution < 1.29 is 32.2 Å². The molecule has 0 bridgehead atoms. The van der Waals surface area contributed by atoms with Crippen LogP contribution in [0.4, 0.5) is 13.2 Å². The molecule has 0 saturated carbocycles. The van der Waals surface area contributed by atoms with Gasteiger partial charge in [0.15, 0.2) is 6.23 Å². The third-order valence-corrected chi connectivity index (χ3v) is 4.19. The lowest BCUT2D eigenvalue weighted by Crippen LogP contribution is -2.47. The first-order valence-electron chi connectivity index (χ1n) is 7.99. The van der Waals surface area contributed by atoms with Gasteiger partial charge in [-0.05, 0) is 31.0 Å². The number of methoxy groups -OCH3 is 1. The molecule has 26 heavy (non-hydrogen) atoms. The minimum atomic E-state index is -5.05. The smallest absolute Gasteiger partial charge is 0.465 e. The van der Waals surface area contributed by atoms with E-state index in [1.165, 1.54) is 19.4 Å². The van der Waals surface area contributed by atoms with Crippen LogP contribution in [0.3, 0.4) is 0 Å². The number of ether oxygens (including phenoxy) is 2. The third kappa shape index (κ3) is 5.15. The monoisotopic (exact) mass is 375 g/mol. The van der Waals surface area contributed by atoms with E-state index in [2.05, 4.69) is 14.5 Å². The molecule has 2 heterocycles. The van der Waals surface area contributed by atoms with E-state index in [1.807, 2.05) is 0 Å². The van der Waals surface area contributed by atoms with Crippen molar-refractivity contribution in [1.82, 2.24) is 9.88 Å². The summed E-state index contributed by atoms with van der Waals surface area (Å²) < 4.78 is 46.8. The second kappa shape index (κ2) is 8.45. The largest absolute Gasteiger partial charge is 0.490 e. The number of piperidine rings is 1. The fourth-order valence-corrected chi connectivity index (χ4v) is 2.72. The van der Waals surface area contributed by atoms with E-state index in [0.29, 0.717) is 25.2 Å². The van der Waals surface area contributed by atoms with Gasteiger partial charge in [-0.1, -0.05) is 0 Å². The van der Waals surface area contributed by atoms with Gasteiger partial charge in [0.25, 0.3) is 0 Å². The number of aromatic nitrogens is 1. The topological polar surface area (TPSA) is 94.8 Å². The highest BCUT2D eigenvalue weighted by molar-refractivity contribution is 5.88. The van der Waals surface area contributed by atoms with E-state index < -0.39 is 24.3 Å². The molecular weight excluding hydrogens is 355 g/mol. The molecule has 1 aliphatic heterocycles. The Morgan fingerprint density at radius 1 is 1.38 bits per heavy atom. The normalized spacial score (nSPS) is 21.3. The van der Waals surface area contributed by atoms with Crippen LogP contribution < -0.4 is 5.73 Å². The van der Waals surface area contributed by atoms with Crippen LogP contribution in [0.15, 0.2) is 18.3 Å². The van der Waals surface area contributed by atoms with Crippen LogP contribution in [-0.2, 0) is 20.8 Å².